The van der Waals surface area contributed by atoms with Crippen LogP contribution in [0.5, 0.6) is 0 Å². The summed E-state index contributed by atoms with van der Waals surface area (Å²) in [5.74, 6) is -0.366. The normalized spacial score (nSPS) is 34.6. The molecule has 1 fully saturated rings. The molecule has 0 aromatic rings. The summed E-state index contributed by atoms with van der Waals surface area (Å²) in [5.41, 5.74) is 4.88. The van der Waals surface area contributed by atoms with E-state index in [0.717, 1.165) is 0 Å². The third kappa shape index (κ3) is 1.00. The fourth-order valence-corrected chi connectivity index (χ4v) is 1.00. The summed E-state index contributed by atoms with van der Waals surface area (Å²) in [4.78, 5) is 10.2. The van der Waals surface area contributed by atoms with E-state index >= 15 is 0 Å². The Morgan fingerprint density at radius 2 is 2.50 bits per heavy atom. The monoisotopic (exact) mass is 179 g/mol. The first-order valence-electron chi connectivity index (χ1n) is 2.26. The number of carbonyl (C=O) groups is 1. The number of hydrogen-bond acceptors (Lipinski definition) is 2. The molecule has 0 spiro atoms. The third-order valence-electron chi connectivity index (χ3n) is 1.01. The van der Waals surface area contributed by atoms with Gasteiger partial charge in [0.15, 0.2) is 6.10 Å². The lowest BCUT2D eigenvalue weighted by atomic mass is 10.3. The Morgan fingerprint density at radius 1 is 1.88 bits per heavy atom. The Kier molecular flexibility index (Phi) is 1.53. The minimum atomic E-state index is -0.366. The molecule has 1 heterocycles. The molecule has 1 aliphatic rings. The lowest BCUT2D eigenvalue weighted by molar-refractivity contribution is -0.119. The smallest absolute Gasteiger partial charge is 0.249 e. The van der Waals surface area contributed by atoms with Crippen LogP contribution in [0, 0.1) is 0 Å². The van der Waals surface area contributed by atoms with E-state index in [1.807, 2.05) is 0 Å². The molecule has 3 nitrogen and oxygen atoms in total. The molecule has 0 aliphatic carbocycles. The second-order valence-electron chi connectivity index (χ2n) is 1.65. The molecule has 4 heteroatoms. The maximum Gasteiger partial charge on any atom is 0.249 e. The molecule has 8 heavy (non-hydrogen) atoms. The highest BCUT2D eigenvalue weighted by Crippen LogP contribution is 2.22. The lowest BCUT2D eigenvalue weighted by Gasteiger charge is -1.78. The number of amides is 1. The predicted octanol–water partition coefficient (Wildman–Crippen LogP) is -0.366. The van der Waals surface area contributed by atoms with Gasteiger partial charge in [-0.25, -0.2) is 0 Å². The molecular weight excluding hydrogens is 174 g/mol. The van der Waals surface area contributed by atoms with Gasteiger partial charge in [-0.05, 0) is 0 Å². The highest BCUT2D eigenvalue weighted by Gasteiger charge is 2.42. The van der Waals surface area contributed by atoms with Crippen LogP contribution in [0.2, 0.25) is 0 Å². The SMILES string of the molecule is NC(=O)[C@@H]1O[C@@H]1CBr. The highest BCUT2D eigenvalue weighted by molar-refractivity contribution is 9.09. The quantitative estimate of drug-likeness (QED) is 0.465. The fourth-order valence-electron chi connectivity index (χ4n) is 0.511. The van der Waals surface area contributed by atoms with Gasteiger partial charge < -0.3 is 10.5 Å². The van der Waals surface area contributed by atoms with Crippen LogP contribution in [0.15, 0.2) is 0 Å². The summed E-state index contributed by atoms with van der Waals surface area (Å²) in [6.45, 7) is 0. The zero-order valence-electron chi connectivity index (χ0n) is 4.13. The minimum absolute atomic E-state index is 0.0347. The number of epoxide rings is 1. The zero-order chi connectivity index (χ0) is 6.15. The molecule has 1 amide bonds. The Hall–Kier alpha value is -0.0900. The Labute approximate surface area is 55.3 Å². The summed E-state index contributed by atoms with van der Waals surface area (Å²) in [7, 11) is 0. The Morgan fingerprint density at radius 3 is 2.62 bits per heavy atom. The van der Waals surface area contributed by atoms with Crippen molar-refractivity contribution >= 4 is 21.8 Å². The van der Waals surface area contributed by atoms with Crippen molar-refractivity contribution < 1.29 is 9.53 Å². The number of carbonyl (C=O) groups excluding carboxylic acids is 1. The van der Waals surface area contributed by atoms with Gasteiger partial charge in [0.1, 0.15) is 6.10 Å². The topological polar surface area (TPSA) is 55.6 Å². The van der Waals surface area contributed by atoms with E-state index in [1.165, 1.54) is 0 Å². The first kappa shape index (κ1) is 6.04. The van der Waals surface area contributed by atoms with Gasteiger partial charge in [0, 0.05) is 5.33 Å². The van der Waals surface area contributed by atoms with E-state index < -0.39 is 0 Å². The maximum atomic E-state index is 10.2. The number of primary amides is 1. The highest BCUT2D eigenvalue weighted by atomic mass is 79.9. The molecule has 0 bridgehead atoms. The second-order valence-corrected chi connectivity index (χ2v) is 2.30. The van der Waals surface area contributed by atoms with Gasteiger partial charge in [0.25, 0.3) is 0 Å². The van der Waals surface area contributed by atoms with Crippen LogP contribution in [0.1, 0.15) is 0 Å². The van der Waals surface area contributed by atoms with Crippen LogP contribution in [0.4, 0.5) is 0 Å². The van der Waals surface area contributed by atoms with Crippen LogP contribution in [0.3, 0.4) is 0 Å². The molecule has 0 aromatic heterocycles. The Bertz CT molecular complexity index is 117. The predicted molar refractivity (Wildman–Crippen MR) is 31.6 cm³/mol. The first-order chi connectivity index (χ1) is 3.75. The minimum Gasteiger partial charge on any atom is -0.367 e. The van der Waals surface area contributed by atoms with Gasteiger partial charge in [-0.3, -0.25) is 4.79 Å². The molecule has 2 N–H and O–H groups in total. The van der Waals surface area contributed by atoms with Crippen molar-refractivity contribution in [1.29, 1.82) is 0 Å². The molecule has 0 unspecified atom stereocenters. The van der Waals surface area contributed by atoms with Gasteiger partial charge >= 0.3 is 0 Å². The molecule has 46 valence electrons. The van der Waals surface area contributed by atoms with Gasteiger partial charge in [0.2, 0.25) is 5.91 Å². The Balaban J connectivity index is 2.26. The van der Waals surface area contributed by atoms with Crippen LogP contribution < -0.4 is 5.73 Å². The average Bonchev–Trinajstić information content (AvgIpc) is 2.42. The van der Waals surface area contributed by atoms with Crippen molar-refractivity contribution in [2.75, 3.05) is 5.33 Å². The van der Waals surface area contributed by atoms with Crippen molar-refractivity contribution in [1.82, 2.24) is 0 Å². The van der Waals surface area contributed by atoms with Crippen LogP contribution >= 0.6 is 15.9 Å². The first-order valence-corrected chi connectivity index (χ1v) is 3.38. The van der Waals surface area contributed by atoms with E-state index in [4.69, 9.17) is 10.5 Å². The van der Waals surface area contributed by atoms with Crippen molar-refractivity contribution in [3.63, 3.8) is 0 Å². The summed E-state index contributed by atoms with van der Waals surface area (Å²) in [6.07, 6.45) is -0.290. The number of alkyl halides is 1. The summed E-state index contributed by atoms with van der Waals surface area (Å²) >= 11 is 3.15. The van der Waals surface area contributed by atoms with E-state index in [9.17, 15) is 4.79 Å². The van der Waals surface area contributed by atoms with Gasteiger partial charge in [-0.1, -0.05) is 15.9 Å². The van der Waals surface area contributed by atoms with E-state index in [-0.39, 0.29) is 18.1 Å². The van der Waals surface area contributed by atoms with Crippen LogP contribution in [0.25, 0.3) is 0 Å². The van der Waals surface area contributed by atoms with Crippen molar-refractivity contribution in [3.8, 4) is 0 Å². The van der Waals surface area contributed by atoms with E-state index in [2.05, 4.69) is 15.9 Å². The zero-order valence-corrected chi connectivity index (χ0v) is 5.72. The molecule has 0 aromatic carbocycles. The van der Waals surface area contributed by atoms with E-state index in [0.29, 0.717) is 5.33 Å². The molecule has 1 aliphatic heterocycles. The number of hydrogen-bond donors (Lipinski definition) is 1. The van der Waals surface area contributed by atoms with E-state index in [1.54, 1.807) is 0 Å². The van der Waals surface area contributed by atoms with Gasteiger partial charge in [0.05, 0.1) is 0 Å². The van der Waals surface area contributed by atoms with Gasteiger partial charge in [-0.15, -0.1) is 0 Å². The molecule has 1 saturated heterocycles. The number of ether oxygens (including phenoxy) is 1. The van der Waals surface area contributed by atoms with Gasteiger partial charge in [-0.2, -0.15) is 0 Å². The van der Waals surface area contributed by atoms with Crippen molar-refractivity contribution in [3.05, 3.63) is 0 Å². The molecular formula is C4H6BrNO2. The number of rotatable bonds is 2. The average molecular weight is 180 g/mol. The van der Waals surface area contributed by atoms with Crippen LogP contribution in [-0.4, -0.2) is 23.4 Å². The molecule has 2 atom stereocenters. The fraction of sp³-hybridized carbons (Fsp3) is 0.750. The molecule has 0 radical (unpaired) electrons. The largest absolute Gasteiger partial charge is 0.367 e. The second kappa shape index (κ2) is 2.03. The van der Waals surface area contributed by atoms with Crippen LogP contribution in [-0.2, 0) is 9.53 Å². The van der Waals surface area contributed by atoms with Crippen molar-refractivity contribution in [2.24, 2.45) is 5.73 Å². The summed E-state index contributed by atoms with van der Waals surface area (Å²) in [6, 6.07) is 0. The summed E-state index contributed by atoms with van der Waals surface area (Å²) in [5, 5.41) is 0.695. The maximum absolute atomic E-state index is 10.2. The summed E-state index contributed by atoms with van der Waals surface area (Å²) < 4.78 is 4.81. The molecule has 1 rings (SSSR count). The third-order valence-corrected chi connectivity index (χ3v) is 1.65. The number of halogens is 1. The standard InChI is InChI=1S/C4H6BrNO2/c5-1-2-3(8-2)4(6)7/h2-3H,1H2,(H2,6,7)/t2-,3-/m1/s1. The van der Waals surface area contributed by atoms with Crippen molar-refractivity contribution in [2.45, 2.75) is 12.2 Å². The molecule has 0 saturated carbocycles. The number of nitrogens with two attached hydrogens (primary N) is 1. The lowest BCUT2D eigenvalue weighted by Crippen LogP contribution is -2.19.